The van der Waals surface area contributed by atoms with Gasteiger partial charge in [0, 0.05) is 25.3 Å². The highest BCUT2D eigenvalue weighted by Gasteiger charge is 2.30. The van der Waals surface area contributed by atoms with E-state index in [0.717, 1.165) is 19.1 Å². The van der Waals surface area contributed by atoms with Crippen LogP contribution in [0.15, 0.2) is 18.5 Å². The molecule has 1 heterocycles. The third kappa shape index (κ3) is 3.19. The van der Waals surface area contributed by atoms with Gasteiger partial charge < -0.3 is 10.2 Å². The van der Waals surface area contributed by atoms with E-state index in [1.165, 1.54) is 24.1 Å². The summed E-state index contributed by atoms with van der Waals surface area (Å²) in [5.41, 5.74) is 2.67. The van der Waals surface area contributed by atoms with Crippen LogP contribution in [0.1, 0.15) is 32.3 Å². The van der Waals surface area contributed by atoms with Gasteiger partial charge in [0.2, 0.25) is 0 Å². The smallest absolute Gasteiger partial charge is 0.0600 e. The van der Waals surface area contributed by atoms with E-state index in [1.54, 1.807) is 0 Å². The Labute approximate surface area is 104 Å². The Morgan fingerprint density at radius 1 is 1.47 bits per heavy atom. The van der Waals surface area contributed by atoms with E-state index in [9.17, 15) is 0 Å². The topological polar surface area (TPSA) is 28.2 Å². The minimum absolute atomic E-state index is 0.693. The second-order valence-corrected chi connectivity index (χ2v) is 5.31. The van der Waals surface area contributed by atoms with Gasteiger partial charge >= 0.3 is 0 Å². The molecule has 0 radical (unpaired) electrons. The standard InChI is InChI=1S/C14H23N3/c1-11(2)10-17(13-4-5-13)14-9-16-7-6-12(14)8-15-3/h6-7,9,11,13,15H,4-5,8,10H2,1-3H3. The third-order valence-corrected chi connectivity index (χ3v) is 3.11. The molecule has 0 spiro atoms. The minimum Gasteiger partial charge on any atom is -0.367 e. The average Bonchev–Trinajstić information content (AvgIpc) is 3.11. The fraction of sp³-hybridized carbons (Fsp3) is 0.643. The van der Waals surface area contributed by atoms with E-state index in [-0.39, 0.29) is 0 Å². The molecule has 1 aliphatic rings. The first-order valence-electron chi connectivity index (χ1n) is 6.56. The van der Waals surface area contributed by atoms with Crippen LogP contribution in [0, 0.1) is 5.92 Å². The molecular weight excluding hydrogens is 210 g/mol. The summed E-state index contributed by atoms with van der Waals surface area (Å²) in [6.45, 7) is 6.61. The molecule has 0 bridgehead atoms. The zero-order chi connectivity index (χ0) is 12.3. The van der Waals surface area contributed by atoms with E-state index >= 15 is 0 Å². The molecule has 17 heavy (non-hydrogen) atoms. The largest absolute Gasteiger partial charge is 0.367 e. The fourth-order valence-electron chi connectivity index (χ4n) is 2.24. The second kappa shape index (κ2) is 5.50. The van der Waals surface area contributed by atoms with Crippen molar-refractivity contribution in [3.05, 3.63) is 24.0 Å². The van der Waals surface area contributed by atoms with Crippen molar-refractivity contribution >= 4 is 5.69 Å². The first-order valence-corrected chi connectivity index (χ1v) is 6.56. The molecule has 0 atom stereocenters. The van der Waals surface area contributed by atoms with E-state index in [4.69, 9.17) is 0 Å². The van der Waals surface area contributed by atoms with Gasteiger partial charge in [-0.3, -0.25) is 4.98 Å². The summed E-state index contributed by atoms with van der Waals surface area (Å²) in [6, 6.07) is 2.87. The van der Waals surface area contributed by atoms with Crippen LogP contribution in [0.4, 0.5) is 5.69 Å². The minimum atomic E-state index is 0.693. The third-order valence-electron chi connectivity index (χ3n) is 3.11. The lowest BCUT2D eigenvalue weighted by atomic mass is 10.1. The maximum atomic E-state index is 4.30. The molecular formula is C14H23N3. The van der Waals surface area contributed by atoms with Crippen molar-refractivity contribution in [1.82, 2.24) is 10.3 Å². The van der Waals surface area contributed by atoms with Crippen molar-refractivity contribution in [2.75, 3.05) is 18.5 Å². The predicted octanol–water partition coefficient (Wildman–Crippen LogP) is 2.43. The van der Waals surface area contributed by atoms with Crippen LogP contribution >= 0.6 is 0 Å². The number of nitrogens with zero attached hydrogens (tertiary/aromatic N) is 2. The number of rotatable bonds is 6. The summed E-state index contributed by atoms with van der Waals surface area (Å²) in [5.74, 6) is 0.693. The maximum absolute atomic E-state index is 4.30. The quantitative estimate of drug-likeness (QED) is 0.818. The van der Waals surface area contributed by atoms with Gasteiger partial charge in [-0.25, -0.2) is 0 Å². The average molecular weight is 233 g/mol. The predicted molar refractivity (Wildman–Crippen MR) is 72.2 cm³/mol. The normalized spacial score (nSPS) is 15.3. The first-order chi connectivity index (χ1) is 8.22. The van der Waals surface area contributed by atoms with E-state index < -0.39 is 0 Å². The molecule has 1 saturated carbocycles. The molecule has 0 saturated heterocycles. The van der Waals surface area contributed by atoms with Gasteiger partial charge in [0.05, 0.1) is 11.9 Å². The monoisotopic (exact) mass is 233 g/mol. The molecule has 3 heteroatoms. The molecule has 1 aliphatic carbocycles. The Morgan fingerprint density at radius 3 is 2.82 bits per heavy atom. The van der Waals surface area contributed by atoms with Gasteiger partial charge in [-0.05, 0) is 37.4 Å². The lowest BCUT2D eigenvalue weighted by Gasteiger charge is -2.28. The molecule has 1 aromatic rings. The lowest BCUT2D eigenvalue weighted by molar-refractivity contribution is 0.604. The molecule has 2 rings (SSSR count). The van der Waals surface area contributed by atoms with Crippen molar-refractivity contribution in [3.8, 4) is 0 Å². The zero-order valence-corrected chi connectivity index (χ0v) is 11.1. The van der Waals surface area contributed by atoms with Gasteiger partial charge in [0.15, 0.2) is 0 Å². The number of pyridine rings is 1. The van der Waals surface area contributed by atoms with Gasteiger partial charge in [0.1, 0.15) is 0 Å². The summed E-state index contributed by atoms with van der Waals surface area (Å²) < 4.78 is 0. The summed E-state index contributed by atoms with van der Waals surface area (Å²) in [6.07, 6.45) is 6.57. The molecule has 0 amide bonds. The fourth-order valence-corrected chi connectivity index (χ4v) is 2.24. The molecule has 0 aromatic carbocycles. The van der Waals surface area contributed by atoms with Crippen LogP contribution in [0.5, 0.6) is 0 Å². The molecule has 0 unspecified atom stereocenters. The number of hydrogen-bond acceptors (Lipinski definition) is 3. The van der Waals surface area contributed by atoms with Crippen molar-refractivity contribution in [2.24, 2.45) is 5.92 Å². The number of aromatic nitrogens is 1. The first kappa shape index (κ1) is 12.4. The summed E-state index contributed by atoms with van der Waals surface area (Å²) in [7, 11) is 1.99. The Hall–Kier alpha value is -1.09. The molecule has 1 fully saturated rings. The number of anilines is 1. The number of nitrogens with one attached hydrogen (secondary N) is 1. The molecule has 1 aromatic heterocycles. The number of hydrogen-bond donors (Lipinski definition) is 1. The lowest BCUT2D eigenvalue weighted by Crippen LogP contribution is -2.31. The van der Waals surface area contributed by atoms with Crippen LogP contribution in [0.3, 0.4) is 0 Å². The van der Waals surface area contributed by atoms with Crippen molar-refractivity contribution in [1.29, 1.82) is 0 Å². The Bertz CT molecular complexity index is 358. The van der Waals surface area contributed by atoms with Gasteiger partial charge in [-0.2, -0.15) is 0 Å². The van der Waals surface area contributed by atoms with Crippen molar-refractivity contribution < 1.29 is 0 Å². The summed E-state index contributed by atoms with van der Waals surface area (Å²) >= 11 is 0. The van der Waals surface area contributed by atoms with Crippen LogP contribution in [-0.4, -0.2) is 24.6 Å². The Kier molecular flexibility index (Phi) is 4.00. The van der Waals surface area contributed by atoms with Gasteiger partial charge in [-0.15, -0.1) is 0 Å². The van der Waals surface area contributed by atoms with Gasteiger partial charge in [-0.1, -0.05) is 13.8 Å². The van der Waals surface area contributed by atoms with E-state index in [0.29, 0.717) is 5.92 Å². The SMILES string of the molecule is CNCc1ccncc1N(CC(C)C)C1CC1. The maximum Gasteiger partial charge on any atom is 0.0600 e. The summed E-state index contributed by atoms with van der Waals surface area (Å²) in [4.78, 5) is 6.84. The summed E-state index contributed by atoms with van der Waals surface area (Å²) in [5, 5.41) is 3.24. The van der Waals surface area contributed by atoms with E-state index in [2.05, 4.69) is 35.1 Å². The van der Waals surface area contributed by atoms with Gasteiger partial charge in [0.25, 0.3) is 0 Å². The zero-order valence-electron chi connectivity index (χ0n) is 11.1. The highest BCUT2D eigenvalue weighted by Crippen LogP contribution is 2.33. The Balaban J connectivity index is 2.21. The molecule has 0 aliphatic heterocycles. The second-order valence-electron chi connectivity index (χ2n) is 5.31. The van der Waals surface area contributed by atoms with Crippen molar-refractivity contribution in [2.45, 2.75) is 39.3 Å². The molecule has 94 valence electrons. The molecule has 3 nitrogen and oxygen atoms in total. The molecule has 1 N–H and O–H groups in total. The van der Waals surface area contributed by atoms with Crippen LogP contribution < -0.4 is 10.2 Å². The van der Waals surface area contributed by atoms with Crippen LogP contribution in [-0.2, 0) is 6.54 Å². The van der Waals surface area contributed by atoms with E-state index in [1.807, 2.05) is 19.4 Å². The van der Waals surface area contributed by atoms with Crippen molar-refractivity contribution in [3.63, 3.8) is 0 Å². The Morgan fingerprint density at radius 2 is 2.24 bits per heavy atom. The van der Waals surface area contributed by atoms with Crippen LogP contribution in [0.25, 0.3) is 0 Å². The van der Waals surface area contributed by atoms with Crippen LogP contribution in [0.2, 0.25) is 0 Å². The highest BCUT2D eigenvalue weighted by molar-refractivity contribution is 5.53. The highest BCUT2D eigenvalue weighted by atomic mass is 15.2.